The molecule has 2 aromatic carbocycles. The van der Waals surface area contributed by atoms with Crippen molar-refractivity contribution in [2.45, 2.75) is 9.79 Å². The lowest BCUT2D eigenvalue weighted by Crippen LogP contribution is -2.22. The first-order chi connectivity index (χ1) is 13.0. The van der Waals surface area contributed by atoms with Gasteiger partial charge < -0.3 is 0 Å². The average molecular weight is 440 g/mol. The molecule has 148 valence electrons. The summed E-state index contributed by atoms with van der Waals surface area (Å²) < 4.78 is 49.5. The minimum atomic E-state index is -3.58. The number of aromatic nitrogens is 1. The molecule has 3 rings (SSSR count). The summed E-state index contributed by atoms with van der Waals surface area (Å²) in [5, 5.41) is 2.90. The zero-order valence-corrected chi connectivity index (χ0v) is 17.7. The molecule has 0 radical (unpaired) electrons. The van der Waals surface area contributed by atoms with E-state index in [0.717, 1.165) is 21.9 Å². The Balaban J connectivity index is 1.90. The third kappa shape index (κ3) is 4.07. The lowest BCUT2D eigenvalue weighted by Gasteiger charge is -2.10. The molecule has 0 spiro atoms. The Morgan fingerprint density at radius 1 is 1.04 bits per heavy atom. The number of hydrogen-bond acceptors (Lipinski definition) is 7. The molecule has 0 saturated carbocycles. The van der Waals surface area contributed by atoms with Crippen molar-refractivity contribution < 1.29 is 21.6 Å². The number of nitrogens with one attached hydrogen (secondary N) is 1. The number of rotatable bonds is 5. The lowest BCUT2D eigenvalue weighted by atomic mass is 10.2. The van der Waals surface area contributed by atoms with E-state index in [1.165, 1.54) is 50.5 Å². The van der Waals surface area contributed by atoms with Gasteiger partial charge in [-0.2, -0.15) is 0 Å². The van der Waals surface area contributed by atoms with Gasteiger partial charge in [0.15, 0.2) is 15.0 Å². The number of amides is 1. The summed E-state index contributed by atoms with van der Waals surface area (Å²) in [5.41, 5.74) is 0.723. The monoisotopic (exact) mass is 439 g/mol. The van der Waals surface area contributed by atoms with E-state index < -0.39 is 25.8 Å². The zero-order chi connectivity index (χ0) is 20.7. The number of carbonyl (C=O) groups is 1. The van der Waals surface area contributed by atoms with Crippen molar-refractivity contribution in [1.82, 2.24) is 9.29 Å². The first-order valence-electron chi connectivity index (χ1n) is 7.93. The van der Waals surface area contributed by atoms with E-state index in [9.17, 15) is 21.6 Å². The summed E-state index contributed by atoms with van der Waals surface area (Å²) in [6, 6.07) is 10.2. The average Bonchev–Trinajstić information content (AvgIpc) is 3.02. The number of hydrogen-bond donors (Lipinski definition) is 1. The van der Waals surface area contributed by atoms with Crippen LogP contribution in [0.1, 0.15) is 10.4 Å². The van der Waals surface area contributed by atoms with Gasteiger partial charge in [0.25, 0.3) is 5.91 Å². The molecule has 1 amide bonds. The minimum absolute atomic E-state index is 0.0444. The van der Waals surface area contributed by atoms with Crippen molar-refractivity contribution in [3.8, 4) is 0 Å². The van der Waals surface area contributed by atoms with Crippen LogP contribution in [0.15, 0.2) is 52.3 Å². The van der Waals surface area contributed by atoms with Gasteiger partial charge in [-0.15, -0.1) is 0 Å². The van der Waals surface area contributed by atoms with Crippen LogP contribution in [-0.4, -0.2) is 52.4 Å². The fourth-order valence-corrected chi connectivity index (χ4v) is 4.94. The largest absolute Gasteiger partial charge is 0.298 e. The van der Waals surface area contributed by atoms with Gasteiger partial charge in [-0.1, -0.05) is 17.4 Å². The summed E-state index contributed by atoms with van der Waals surface area (Å²) in [5.74, 6) is -0.509. The molecular weight excluding hydrogens is 422 g/mol. The van der Waals surface area contributed by atoms with Crippen LogP contribution in [0.5, 0.6) is 0 Å². The van der Waals surface area contributed by atoms with Crippen molar-refractivity contribution in [2.24, 2.45) is 0 Å². The topological polar surface area (TPSA) is 114 Å². The Labute approximate surface area is 166 Å². The van der Waals surface area contributed by atoms with E-state index in [1.54, 1.807) is 6.07 Å². The van der Waals surface area contributed by atoms with Gasteiger partial charge in [-0.25, -0.2) is 26.1 Å². The molecule has 1 N–H and O–H groups in total. The molecule has 11 heteroatoms. The highest BCUT2D eigenvalue weighted by Crippen LogP contribution is 2.29. The Hall–Kier alpha value is -2.34. The maximum atomic E-state index is 12.4. The van der Waals surface area contributed by atoms with Crippen molar-refractivity contribution in [1.29, 1.82) is 0 Å². The molecule has 1 aromatic heterocycles. The van der Waals surface area contributed by atoms with Crippen LogP contribution in [0.3, 0.4) is 0 Å². The van der Waals surface area contributed by atoms with E-state index in [4.69, 9.17) is 0 Å². The van der Waals surface area contributed by atoms with Crippen molar-refractivity contribution in [2.75, 3.05) is 25.7 Å². The van der Waals surface area contributed by atoms with Crippen LogP contribution < -0.4 is 5.32 Å². The normalized spacial score (nSPS) is 12.4. The molecule has 3 aromatic rings. The highest BCUT2D eigenvalue weighted by atomic mass is 32.2. The minimum Gasteiger partial charge on any atom is -0.298 e. The third-order valence-corrected chi connectivity index (χ3v) is 7.74. The summed E-state index contributed by atoms with van der Waals surface area (Å²) in [6.07, 6.45) is 1.07. The number of thiazole rings is 1. The summed E-state index contributed by atoms with van der Waals surface area (Å²) in [6.45, 7) is 0. The summed E-state index contributed by atoms with van der Waals surface area (Å²) in [7, 11) is -4.11. The zero-order valence-electron chi connectivity index (χ0n) is 15.2. The molecule has 0 aliphatic rings. The Morgan fingerprint density at radius 2 is 1.75 bits per heavy atom. The quantitative estimate of drug-likeness (QED) is 0.652. The van der Waals surface area contributed by atoms with E-state index in [1.807, 2.05) is 0 Å². The fraction of sp³-hybridized carbons (Fsp3) is 0.176. The van der Waals surface area contributed by atoms with E-state index in [0.29, 0.717) is 10.2 Å². The first-order valence-corrected chi connectivity index (χ1v) is 12.1. The SMILES string of the molecule is CN(C)S(=O)(=O)c1ccc2nc(NC(=O)c3cccc(S(C)(=O)=O)c3)sc2c1. The van der Waals surface area contributed by atoms with E-state index >= 15 is 0 Å². The number of sulfone groups is 1. The van der Waals surface area contributed by atoms with Gasteiger partial charge in [-0.3, -0.25) is 10.1 Å². The van der Waals surface area contributed by atoms with Crippen LogP contribution in [-0.2, 0) is 19.9 Å². The number of nitrogens with zero attached hydrogens (tertiary/aromatic N) is 2. The van der Waals surface area contributed by atoms with Gasteiger partial charge in [0, 0.05) is 25.9 Å². The first kappa shape index (κ1) is 20.4. The second kappa shape index (κ2) is 7.24. The Morgan fingerprint density at radius 3 is 2.39 bits per heavy atom. The standard InChI is InChI=1S/C17H17N3O5S3/c1-20(2)28(24,25)13-7-8-14-15(10-13)26-17(18-14)19-16(21)11-5-4-6-12(9-11)27(3,22)23/h4-10H,1-3H3,(H,18,19,21). The predicted molar refractivity (Wildman–Crippen MR) is 108 cm³/mol. The molecule has 0 fully saturated rings. The van der Waals surface area contributed by atoms with Gasteiger partial charge in [0.05, 0.1) is 20.0 Å². The smallest absolute Gasteiger partial charge is 0.257 e. The number of carbonyl (C=O) groups excluding carboxylic acids is 1. The van der Waals surface area contributed by atoms with Crippen molar-refractivity contribution >= 4 is 52.5 Å². The highest BCUT2D eigenvalue weighted by molar-refractivity contribution is 7.90. The maximum absolute atomic E-state index is 12.4. The third-order valence-electron chi connectivity index (χ3n) is 3.88. The van der Waals surface area contributed by atoms with Crippen LogP contribution in [0.25, 0.3) is 10.2 Å². The molecular formula is C17H17N3O5S3. The number of sulfonamides is 1. The number of fused-ring (bicyclic) bond motifs is 1. The van der Waals surface area contributed by atoms with Gasteiger partial charge in [-0.05, 0) is 36.4 Å². The lowest BCUT2D eigenvalue weighted by molar-refractivity contribution is 0.102. The summed E-state index contributed by atoms with van der Waals surface area (Å²) >= 11 is 1.13. The second-order valence-corrected chi connectivity index (χ2v) is 11.4. The Bertz CT molecular complexity index is 1280. The van der Waals surface area contributed by atoms with Crippen LogP contribution >= 0.6 is 11.3 Å². The molecule has 8 nitrogen and oxygen atoms in total. The number of benzene rings is 2. The Kier molecular flexibility index (Phi) is 5.28. The molecule has 0 atom stereocenters. The molecule has 28 heavy (non-hydrogen) atoms. The summed E-state index contributed by atoms with van der Waals surface area (Å²) in [4.78, 5) is 16.9. The molecule has 1 heterocycles. The second-order valence-electron chi connectivity index (χ2n) is 6.19. The molecule has 0 unspecified atom stereocenters. The van der Waals surface area contributed by atoms with Crippen LogP contribution in [0.2, 0.25) is 0 Å². The molecule has 0 aliphatic carbocycles. The molecule has 0 bridgehead atoms. The van der Waals surface area contributed by atoms with Gasteiger partial charge in [0.2, 0.25) is 10.0 Å². The van der Waals surface area contributed by atoms with Crippen LogP contribution in [0.4, 0.5) is 5.13 Å². The van der Waals surface area contributed by atoms with Crippen molar-refractivity contribution in [3.63, 3.8) is 0 Å². The van der Waals surface area contributed by atoms with E-state index in [2.05, 4.69) is 10.3 Å². The highest BCUT2D eigenvalue weighted by Gasteiger charge is 2.19. The van der Waals surface area contributed by atoms with Gasteiger partial charge >= 0.3 is 0 Å². The molecule has 0 saturated heterocycles. The van der Waals surface area contributed by atoms with E-state index in [-0.39, 0.29) is 20.5 Å². The van der Waals surface area contributed by atoms with Gasteiger partial charge in [0.1, 0.15) is 0 Å². The fourth-order valence-electron chi connectivity index (χ4n) is 2.37. The molecule has 0 aliphatic heterocycles. The predicted octanol–water partition coefficient (Wildman–Crippen LogP) is 2.20. The number of anilines is 1. The van der Waals surface area contributed by atoms with Crippen molar-refractivity contribution in [3.05, 3.63) is 48.0 Å². The maximum Gasteiger partial charge on any atom is 0.257 e. The van der Waals surface area contributed by atoms with Crippen LogP contribution in [0, 0.1) is 0 Å².